The van der Waals surface area contributed by atoms with Gasteiger partial charge in [-0.1, -0.05) is 33.6 Å². The standard InChI is InChI=1S/C13H27NO2/c1-6-9-13(10-7-2,12(15)16)14(5)11(4)8-3/h11H,6-10H2,1-5H3,(H,15,16). The zero-order valence-corrected chi connectivity index (χ0v) is 11.4. The molecule has 0 aromatic heterocycles. The third-order valence-electron chi connectivity index (χ3n) is 3.65. The highest BCUT2D eigenvalue weighted by Gasteiger charge is 2.42. The predicted molar refractivity (Wildman–Crippen MR) is 67.7 cm³/mol. The Morgan fingerprint density at radius 3 is 1.94 bits per heavy atom. The molecule has 0 radical (unpaired) electrons. The number of nitrogens with zero attached hydrogens (tertiary/aromatic N) is 1. The zero-order valence-electron chi connectivity index (χ0n) is 11.4. The monoisotopic (exact) mass is 229 g/mol. The Bertz CT molecular complexity index is 210. The van der Waals surface area contributed by atoms with Crippen molar-refractivity contribution >= 4 is 5.97 Å². The van der Waals surface area contributed by atoms with E-state index in [-0.39, 0.29) is 0 Å². The average molecular weight is 229 g/mol. The number of carbonyl (C=O) groups is 1. The maximum absolute atomic E-state index is 11.6. The van der Waals surface area contributed by atoms with E-state index in [1.54, 1.807) is 0 Å². The van der Waals surface area contributed by atoms with Gasteiger partial charge in [0, 0.05) is 6.04 Å². The second-order valence-electron chi connectivity index (χ2n) is 4.70. The molecule has 0 saturated heterocycles. The lowest BCUT2D eigenvalue weighted by atomic mass is 9.85. The molecule has 0 aromatic carbocycles. The Hall–Kier alpha value is -0.570. The number of hydrogen-bond donors (Lipinski definition) is 1. The largest absolute Gasteiger partial charge is 0.480 e. The number of rotatable bonds is 8. The van der Waals surface area contributed by atoms with Crippen LogP contribution in [0.2, 0.25) is 0 Å². The molecule has 0 aliphatic carbocycles. The van der Waals surface area contributed by atoms with E-state index in [0.717, 1.165) is 32.1 Å². The van der Waals surface area contributed by atoms with Crippen LogP contribution >= 0.6 is 0 Å². The molecule has 0 bridgehead atoms. The highest BCUT2D eigenvalue weighted by Crippen LogP contribution is 2.29. The number of hydrogen-bond acceptors (Lipinski definition) is 2. The molecule has 16 heavy (non-hydrogen) atoms. The molecule has 96 valence electrons. The summed E-state index contributed by atoms with van der Waals surface area (Å²) >= 11 is 0. The van der Waals surface area contributed by atoms with Gasteiger partial charge in [-0.25, -0.2) is 0 Å². The van der Waals surface area contributed by atoms with Crippen molar-refractivity contribution in [3.05, 3.63) is 0 Å². The second kappa shape index (κ2) is 6.89. The SMILES string of the molecule is CCCC(CCC)(C(=O)O)N(C)C(C)CC. The number of carboxylic acid groups (broad SMARTS) is 1. The Kier molecular flexibility index (Phi) is 6.65. The van der Waals surface area contributed by atoms with Gasteiger partial charge in [0.1, 0.15) is 5.54 Å². The lowest BCUT2D eigenvalue weighted by Crippen LogP contribution is -2.55. The highest BCUT2D eigenvalue weighted by atomic mass is 16.4. The number of carboxylic acids is 1. The molecule has 0 rings (SSSR count). The minimum absolute atomic E-state index is 0.314. The van der Waals surface area contributed by atoms with Gasteiger partial charge in [-0.2, -0.15) is 0 Å². The molecule has 0 fully saturated rings. The van der Waals surface area contributed by atoms with Crippen molar-refractivity contribution in [1.29, 1.82) is 0 Å². The van der Waals surface area contributed by atoms with E-state index in [1.807, 2.05) is 7.05 Å². The zero-order chi connectivity index (χ0) is 12.8. The fourth-order valence-corrected chi connectivity index (χ4v) is 2.37. The van der Waals surface area contributed by atoms with Crippen LogP contribution in [0.15, 0.2) is 0 Å². The van der Waals surface area contributed by atoms with Crippen LogP contribution in [0.1, 0.15) is 59.8 Å². The molecule has 1 N–H and O–H groups in total. The van der Waals surface area contributed by atoms with Gasteiger partial charge in [0.05, 0.1) is 0 Å². The van der Waals surface area contributed by atoms with E-state index >= 15 is 0 Å². The van der Waals surface area contributed by atoms with Crippen molar-refractivity contribution in [3.8, 4) is 0 Å². The number of aliphatic carboxylic acids is 1. The lowest BCUT2D eigenvalue weighted by molar-refractivity contribution is -0.153. The molecule has 1 atom stereocenters. The molecule has 0 saturated carbocycles. The third kappa shape index (κ3) is 3.21. The summed E-state index contributed by atoms with van der Waals surface area (Å²) in [5.74, 6) is -0.668. The first-order chi connectivity index (χ1) is 7.46. The molecule has 1 unspecified atom stereocenters. The van der Waals surface area contributed by atoms with E-state index in [9.17, 15) is 9.90 Å². The van der Waals surface area contributed by atoms with Gasteiger partial charge in [-0.15, -0.1) is 0 Å². The third-order valence-corrected chi connectivity index (χ3v) is 3.65. The molecule has 0 amide bonds. The maximum atomic E-state index is 11.6. The van der Waals surface area contributed by atoms with Gasteiger partial charge in [-0.05, 0) is 33.2 Å². The first-order valence-corrected chi connectivity index (χ1v) is 6.42. The fraction of sp³-hybridized carbons (Fsp3) is 0.923. The summed E-state index contributed by atoms with van der Waals surface area (Å²) < 4.78 is 0. The average Bonchev–Trinajstić information content (AvgIpc) is 2.26. The summed E-state index contributed by atoms with van der Waals surface area (Å²) in [5, 5.41) is 9.56. The van der Waals surface area contributed by atoms with E-state index in [1.165, 1.54) is 0 Å². The van der Waals surface area contributed by atoms with Crippen LogP contribution in [-0.4, -0.2) is 34.6 Å². The molecule has 0 heterocycles. The van der Waals surface area contributed by atoms with Crippen LogP contribution in [0.25, 0.3) is 0 Å². The van der Waals surface area contributed by atoms with E-state index in [4.69, 9.17) is 0 Å². The van der Waals surface area contributed by atoms with Gasteiger partial charge in [0.25, 0.3) is 0 Å². The van der Waals surface area contributed by atoms with Crippen LogP contribution in [0.5, 0.6) is 0 Å². The van der Waals surface area contributed by atoms with Crippen molar-refractivity contribution in [2.45, 2.75) is 71.4 Å². The summed E-state index contributed by atoms with van der Waals surface area (Å²) in [5.41, 5.74) is -0.668. The highest BCUT2D eigenvalue weighted by molar-refractivity contribution is 5.78. The summed E-state index contributed by atoms with van der Waals surface area (Å²) in [4.78, 5) is 13.7. The Morgan fingerprint density at radius 1 is 1.25 bits per heavy atom. The van der Waals surface area contributed by atoms with Crippen LogP contribution < -0.4 is 0 Å². The van der Waals surface area contributed by atoms with Crippen LogP contribution in [0.3, 0.4) is 0 Å². The molecular formula is C13H27NO2. The summed E-state index contributed by atoms with van der Waals surface area (Å²) in [6.07, 6.45) is 4.27. The maximum Gasteiger partial charge on any atom is 0.324 e. The van der Waals surface area contributed by atoms with Gasteiger partial charge in [0.2, 0.25) is 0 Å². The summed E-state index contributed by atoms with van der Waals surface area (Å²) in [7, 11) is 1.95. The van der Waals surface area contributed by atoms with Gasteiger partial charge < -0.3 is 5.11 Å². The smallest absolute Gasteiger partial charge is 0.324 e. The molecule has 0 aliphatic heterocycles. The molecule has 3 heteroatoms. The lowest BCUT2D eigenvalue weighted by Gasteiger charge is -2.41. The normalized spacial score (nSPS) is 14.1. The molecule has 0 aliphatic rings. The molecule has 0 aromatic rings. The molecular weight excluding hydrogens is 202 g/mol. The Morgan fingerprint density at radius 2 is 1.69 bits per heavy atom. The van der Waals surface area contributed by atoms with E-state index in [2.05, 4.69) is 32.6 Å². The van der Waals surface area contributed by atoms with Crippen LogP contribution in [0.4, 0.5) is 0 Å². The van der Waals surface area contributed by atoms with Crippen LogP contribution in [0, 0.1) is 0 Å². The van der Waals surface area contributed by atoms with Crippen molar-refractivity contribution in [3.63, 3.8) is 0 Å². The fourth-order valence-electron chi connectivity index (χ4n) is 2.37. The minimum Gasteiger partial charge on any atom is -0.480 e. The topological polar surface area (TPSA) is 40.5 Å². The molecule has 0 spiro atoms. The van der Waals surface area contributed by atoms with E-state index in [0.29, 0.717) is 6.04 Å². The summed E-state index contributed by atoms with van der Waals surface area (Å²) in [6, 6.07) is 0.314. The van der Waals surface area contributed by atoms with Crippen LogP contribution in [-0.2, 0) is 4.79 Å². The van der Waals surface area contributed by atoms with E-state index < -0.39 is 11.5 Å². The number of likely N-dealkylation sites (N-methyl/N-ethyl adjacent to an activating group) is 1. The quantitative estimate of drug-likeness (QED) is 0.695. The minimum atomic E-state index is -0.668. The Labute approximate surface area is 99.8 Å². The van der Waals surface area contributed by atoms with Crippen molar-refractivity contribution < 1.29 is 9.90 Å². The van der Waals surface area contributed by atoms with Crippen molar-refractivity contribution in [2.24, 2.45) is 0 Å². The predicted octanol–water partition coefficient (Wildman–Crippen LogP) is 3.14. The van der Waals surface area contributed by atoms with Gasteiger partial charge >= 0.3 is 5.97 Å². The first-order valence-electron chi connectivity index (χ1n) is 6.42. The molecule has 3 nitrogen and oxygen atoms in total. The van der Waals surface area contributed by atoms with Crippen molar-refractivity contribution in [1.82, 2.24) is 4.90 Å². The van der Waals surface area contributed by atoms with Gasteiger partial charge in [0.15, 0.2) is 0 Å². The van der Waals surface area contributed by atoms with Gasteiger partial charge in [-0.3, -0.25) is 9.69 Å². The second-order valence-corrected chi connectivity index (χ2v) is 4.70. The first kappa shape index (κ1) is 15.4. The summed E-state index contributed by atoms with van der Waals surface area (Å²) in [6.45, 7) is 8.31. The Balaban J connectivity index is 5.06. The van der Waals surface area contributed by atoms with Crippen molar-refractivity contribution in [2.75, 3.05) is 7.05 Å².